The zero-order valence-corrected chi connectivity index (χ0v) is 13.5. The number of hydrogen-bond acceptors (Lipinski definition) is 2. The molecule has 0 amide bonds. The molecule has 0 heterocycles. The minimum Gasteiger partial charge on any atom is -0.314 e. The highest BCUT2D eigenvalue weighted by Gasteiger charge is 2.32. The Morgan fingerprint density at radius 3 is 2.35 bits per heavy atom. The van der Waals surface area contributed by atoms with E-state index in [0.29, 0.717) is 6.04 Å². The molecule has 1 aromatic rings. The monoisotopic (exact) mass is 274 g/mol. The molecule has 1 aromatic carbocycles. The lowest BCUT2D eigenvalue weighted by molar-refractivity contribution is 0.307. The second kappa shape index (κ2) is 7.24. The molecule has 0 aromatic heterocycles. The summed E-state index contributed by atoms with van der Waals surface area (Å²) in [5.41, 5.74) is 2.86. The molecule has 112 valence electrons. The molecule has 2 heteroatoms. The maximum absolute atomic E-state index is 3.47. The Labute approximate surface area is 124 Å². The van der Waals surface area contributed by atoms with E-state index in [1.807, 2.05) is 0 Å². The second-order valence-electron chi connectivity index (χ2n) is 6.85. The van der Waals surface area contributed by atoms with Gasteiger partial charge in [0, 0.05) is 19.1 Å². The highest BCUT2D eigenvalue weighted by molar-refractivity contribution is 5.22. The van der Waals surface area contributed by atoms with Gasteiger partial charge in [0.05, 0.1) is 0 Å². The van der Waals surface area contributed by atoms with Crippen LogP contribution in [0.2, 0.25) is 0 Å². The van der Waals surface area contributed by atoms with Gasteiger partial charge in [0.15, 0.2) is 0 Å². The third-order valence-electron chi connectivity index (χ3n) is 4.26. The summed E-state index contributed by atoms with van der Waals surface area (Å²) >= 11 is 0. The largest absolute Gasteiger partial charge is 0.314 e. The number of nitrogens with zero attached hydrogens (tertiary/aromatic N) is 1. The quantitative estimate of drug-likeness (QED) is 0.782. The van der Waals surface area contributed by atoms with Crippen LogP contribution in [0.1, 0.15) is 38.3 Å². The van der Waals surface area contributed by atoms with Crippen LogP contribution in [-0.4, -0.2) is 31.1 Å². The summed E-state index contributed by atoms with van der Waals surface area (Å²) in [5.74, 6) is 1.90. The maximum atomic E-state index is 3.47. The smallest absolute Gasteiger partial charge is 0.0230 e. The van der Waals surface area contributed by atoms with Gasteiger partial charge in [-0.15, -0.1) is 0 Å². The lowest BCUT2D eigenvalue weighted by Gasteiger charge is -2.16. The van der Waals surface area contributed by atoms with Gasteiger partial charge < -0.3 is 10.2 Å². The minimum atomic E-state index is 0.577. The molecule has 2 nitrogen and oxygen atoms in total. The summed E-state index contributed by atoms with van der Waals surface area (Å²) in [6.07, 6.45) is 2.54. The second-order valence-corrected chi connectivity index (χ2v) is 6.85. The van der Waals surface area contributed by atoms with Crippen LogP contribution in [0.25, 0.3) is 0 Å². The van der Waals surface area contributed by atoms with Crippen molar-refractivity contribution in [2.75, 3.05) is 20.1 Å². The van der Waals surface area contributed by atoms with E-state index in [4.69, 9.17) is 0 Å². The Bertz CT molecular complexity index is 396. The van der Waals surface area contributed by atoms with E-state index in [1.54, 1.807) is 0 Å². The number of nitrogens with one attached hydrogen (secondary N) is 1. The Morgan fingerprint density at radius 1 is 1.20 bits per heavy atom. The molecule has 0 radical (unpaired) electrons. The SMILES string of the molecule is CC(C)NCCc1ccc(CN(C)CC2CC2C)cc1. The first-order valence-corrected chi connectivity index (χ1v) is 8.04. The first-order chi connectivity index (χ1) is 9.54. The number of rotatable bonds is 8. The van der Waals surface area contributed by atoms with Gasteiger partial charge >= 0.3 is 0 Å². The molecule has 1 fully saturated rings. The van der Waals surface area contributed by atoms with Crippen LogP contribution in [0, 0.1) is 11.8 Å². The van der Waals surface area contributed by atoms with Crippen molar-refractivity contribution in [3.8, 4) is 0 Å². The fourth-order valence-corrected chi connectivity index (χ4v) is 2.75. The van der Waals surface area contributed by atoms with E-state index >= 15 is 0 Å². The average molecular weight is 274 g/mol. The third-order valence-corrected chi connectivity index (χ3v) is 4.26. The van der Waals surface area contributed by atoms with Crippen LogP contribution < -0.4 is 5.32 Å². The van der Waals surface area contributed by atoms with E-state index in [0.717, 1.165) is 31.3 Å². The molecular weight excluding hydrogens is 244 g/mol. The van der Waals surface area contributed by atoms with Gasteiger partial charge in [0.1, 0.15) is 0 Å². The van der Waals surface area contributed by atoms with Crippen LogP contribution in [0.5, 0.6) is 0 Å². The molecule has 0 spiro atoms. The van der Waals surface area contributed by atoms with Crippen LogP contribution in [0.3, 0.4) is 0 Å². The van der Waals surface area contributed by atoms with E-state index in [1.165, 1.54) is 24.1 Å². The van der Waals surface area contributed by atoms with Crippen LogP contribution >= 0.6 is 0 Å². The van der Waals surface area contributed by atoms with Crippen molar-refractivity contribution in [2.45, 2.75) is 46.2 Å². The third kappa shape index (κ3) is 5.26. The Morgan fingerprint density at radius 2 is 1.80 bits per heavy atom. The molecule has 2 rings (SSSR count). The molecular formula is C18H30N2. The average Bonchev–Trinajstić information content (AvgIpc) is 3.06. The molecule has 1 aliphatic rings. The molecule has 1 aliphatic carbocycles. The zero-order chi connectivity index (χ0) is 14.5. The first-order valence-electron chi connectivity index (χ1n) is 8.04. The van der Waals surface area contributed by atoms with Gasteiger partial charge in [-0.3, -0.25) is 0 Å². The summed E-state index contributed by atoms with van der Waals surface area (Å²) in [4.78, 5) is 2.46. The summed E-state index contributed by atoms with van der Waals surface area (Å²) in [6, 6.07) is 9.72. The Balaban J connectivity index is 1.73. The Hall–Kier alpha value is -0.860. The van der Waals surface area contributed by atoms with Crippen LogP contribution in [-0.2, 0) is 13.0 Å². The van der Waals surface area contributed by atoms with Gasteiger partial charge in [0.25, 0.3) is 0 Å². The van der Waals surface area contributed by atoms with E-state index in [-0.39, 0.29) is 0 Å². The lowest BCUT2D eigenvalue weighted by atomic mass is 10.1. The standard InChI is InChI=1S/C18H30N2/c1-14(2)19-10-9-16-5-7-17(8-6-16)12-20(4)13-18-11-15(18)3/h5-8,14-15,18-19H,9-13H2,1-4H3. The summed E-state index contributed by atoms with van der Waals surface area (Å²) in [7, 11) is 2.24. The number of hydrogen-bond donors (Lipinski definition) is 1. The molecule has 20 heavy (non-hydrogen) atoms. The summed E-state index contributed by atoms with van der Waals surface area (Å²) in [6.45, 7) is 10.1. The molecule has 0 bridgehead atoms. The zero-order valence-electron chi connectivity index (χ0n) is 13.5. The lowest BCUT2D eigenvalue weighted by Crippen LogP contribution is -2.25. The van der Waals surface area contributed by atoms with Crippen LogP contribution in [0.4, 0.5) is 0 Å². The van der Waals surface area contributed by atoms with E-state index in [9.17, 15) is 0 Å². The summed E-state index contributed by atoms with van der Waals surface area (Å²) < 4.78 is 0. The molecule has 1 saturated carbocycles. The predicted molar refractivity (Wildman–Crippen MR) is 86.9 cm³/mol. The molecule has 2 unspecified atom stereocenters. The fourth-order valence-electron chi connectivity index (χ4n) is 2.75. The maximum Gasteiger partial charge on any atom is 0.0230 e. The van der Waals surface area contributed by atoms with Gasteiger partial charge in [0.2, 0.25) is 0 Å². The van der Waals surface area contributed by atoms with Crippen molar-refractivity contribution >= 4 is 0 Å². The first kappa shape index (κ1) is 15.5. The van der Waals surface area contributed by atoms with Crippen molar-refractivity contribution in [1.29, 1.82) is 0 Å². The van der Waals surface area contributed by atoms with Gasteiger partial charge in [-0.25, -0.2) is 0 Å². The topological polar surface area (TPSA) is 15.3 Å². The van der Waals surface area contributed by atoms with Crippen molar-refractivity contribution in [1.82, 2.24) is 10.2 Å². The summed E-state index contributed by atoms with van der Waals surface area (Å²) in [5, 5.41) is 3.47. The molecule has 0 aliphatic heterocycles. The molecule has 0 saturated heterocycles. The fraction of sp³-hybridized carbons (Fsp3) is 0.667. The Kier molecular flexibility index (Phi) is 5.62. The van der Waals surface area contributed by atoms with E-state index < -0.39 is 0 Å². The molecule has 1 N–H and O–H groups in total. The highest BCUT2D eigenvalue weighted by Crippen LogP contribution is 2.38. The highest BCUT2D eigenvalue weighted by atomic mass is 15.1. The van der Waals surface area contributed by atoms with Gasteiger partial charge in [-0.1, -0.05) is 45.0 Å². The minimum absolute atomic E-state index is 0.577. The molecule has 2 atom stereocenters. The van der Waals surface area contributed by atoms with Gasteiger partial charge in [-0.2, -0.15) is 0 Å². The van der Waals surface area contributed by atoms with Crippen molar-refractivity contribution in [2.24, 2.45) is 11.8 Å². The van der Waals surface area contributed by atoms with Crippen molar-refractivity contribution < 1.29 is 0 Å². The predicted octanol–water partition coefficient (Wildman–Crippen LogP) is 3.31. The van der Waals surface area contributed by atoms with Crippen molar-refractivity contribution in [3.05, 3.63) is 35.4 Å². The normalized spacial score (nSPS) is 21.7. The van der Waals surface area contributed by atoms with Gasteiger partial charge in [-0.05, 0) is 49.4 Å². The van der Waals surface area contributed by atoms with E-state index in [2.05, 4.69) is 62.3 Å². The number of benzene rings is 1. The van der Waals surface area contributed by atoms with Crippen molar-refractivity contribution in [3.63, 3.8) is 0 Å². The van der Waals surface area contributed by atoms with Crippen LogP contribution in [0.15, 0.2) is 24.3 Å².